The molecule has 3 N–H and O–H groups in total. The molecule has 0 amide bonds. The van der Waals surface area contributed by atoms with Crippen LogP contribution < -0.4 is 5.73 Å². The fourth-order valence-corrected chi connectivity index (χ4v) is 1.86. The lowest BCUT2D eigenvalue weighted by Gasteiger charge is -2.16. The van der Waals surface area contributed by atoms with E-state index in [1.807, 2.05) is 0 Å². The highest BCUT2D eigenvalue weighted by Gasteiger charge is 2.20. The van der Waals surface area contributed by atoms with Gasteiger partial charge in [-0.05, 0) is 11.6 Å². The molecule has 2 atom stereocenters. The highest BCUT2D eigenvalue weighted by molar-refractivity contribution is 6.28. The second kappa shape index (κ2) is 5.64. The maximum atomic E-state index is 14.2. The highest BCUT2D eigenvalue weighted by atomic mass is 35.5. The average Bonchev–Trinajstić information content (AvgIpc) is 2.79. The minimum Gasteiger partial charge on any atom is -0.394 e. The van der Waals surface area contributed by atoms with Gasteiger partial charge in [0.25, 0.3) is 0 Å². The van der Waals surface area contributed by atoms with E-state index in [9.17, 15) is 4.39 Å². The molecule has 104 valence electrons. The van der Waals surface area contributed by atoms with Gasteiger partial charge in [0.15, 0.2) is 17.8 Å². The number of nitrogen functional groups attached to an aromatic ring is 1. The summed E-state index contributed by atoms with van der Waals surface area (Å²) in [4.78, 5) is 11.6. The lowest BCUT2D eigenvalue weighted by molar-refractivity contribution is 0.0152. The Bertz CT molecular complexity index is 574. The number of imidazole rings is 1. The molecule has 19 heavy (non-hydrogen) atoms. The quantitative estimate of drug-likeness (QED) is 0.794. The van der Waals surface area contributed by atoms with Crippen LogP contribution in [0.25, 0.3) is 11.2 Å². The maximum Gasteiger partial charge on any atom is 0.226 e. The van der Waals surface area contributed by atoms with Crippen LogP contribution in [-0.2, 0) is 4.74 Å². The van der Waals surface area contributed by atoms with Gasteiger partial charge in [-0.25, -0.2) is 9.37 Å². The number of nitrogens with two attached hydrogens (primary N) is 1. The van der Waals surface area contributed by atoms with Crippen molar-refractivity contribution < 1.29 is 14.2 Å². The minimum absolute atomic E-state index is 0.0417. The molecule has 0 radical (unpaired) electrons. The Balaban J connectivity index is 2.34. The third kappa shape index (κ3) is 2.75. The van der Waals surface area contributed by atoms with Crippen molar-refractivity contribution in [1.82, 2.24) is 19.5 Å². The summed E-state index contributed by atoms with van der Waals surface area (Å²) in [5, 5.41) is 8.91. The molecule has 2 aromatic rings. The number of rotatable bonds is 5. The smallest absolute Gasteiger partial charge is 0.226 e. The Morgan fingerprint density at radius 2 is 2.32 bits per heavy atom. The van der Waals surface area contributed by atoms with E-state index in [1.54, 1.807) is 0 Å². The molecular formula is C10H13ClFN5O2. The number of halogens is 2. The zero-order chi connectivity index (χ0) is 14.0. The first kappa shape index (κ1) is 13.9. The maximum absolute atomic E-state index is 14.2. The van der Waals surface area contributed by atoms with Crippen LogP contribution in [0.4, 0.5) is 10.2 Å². The molecule has 0 saturated heterocycles. The van der Waals surface area contributed by atoms with Crippen molar-refractivity contribution in [3.05, 3.63) is 11.6 Å². The second-order valence-corrected chi connectivity index (χ2v) is 4.25. The van der Waals surface area contributed by atoms with E-state index < -0.39 is 12.4 Å². The molecule has 2 aromatic heterocycles. The number of ether oxygens (including phenoxy) is 1. The first-order valence-electron chi connectivity index (χ1n) is 5.50. The zero-order valence-electron chi connectivity index (χ0n) is 10.1. The van der Waals surface area contributed by atoms with Gasteiger partial charge in [-0.3, -0.25) is 4.57 Å². The van der Waals surface area contributed by atoms with Crippen molar-refractivity contribution in [2.75, 3.05) is 19.5 Å². The fourth-order valence-electron chi connectivity index (χ4n) is 1.69. The predicted molar refractivity (Wildman–Crippen MR) is 67.4 cm³/mol. The summed E-state index contributed by atoms with van der Waals surface area (Å²) in [7, 11) is 1.40. The molecule has 0 fully saturated rings. The number of aromatic nitrogens is 4. The molecule has 0 spiro atoms. The van der Waals surface area contributed by atoms with Gasteiger partial charge in [-0.2, -0.15) is 9.97 Å². The van der Waals surface area contributed by atoms with E-state index in [0.717, 1.165) is 0 Å². The molecule has 0 aliphatic carbocycles. The van der Waals surface area contributed by atoms with E-state index in [4.69, 9.17) is 27.2 Å². The van der Waals surface area contributed by atoms with Gasteiger partial charge in [0, 0.05) is 13.5 Å². The Hall–Kier alpha value is -1.51. The number of fused-ring (bicyclic) bond motifs is 1. The topological polar surface area (TPSA) is 99.1 Å². The van der Waals surface area contributed by atoms with Gasteiger partial charge in [0.1, 0.15) is 5.52 Å². The first-order valence-corrected chi connectivity index (χ1v) is 5.88. The third-order valence-corrected chi connectivity index (χ3v) is 2.89. The van der Waals surface area contributed by atoms with E-state index in [0.29, 0.717) is 0 Å². The van der Waals surface area contributed by atoms with Crippen LogP contribution >= 0.6 is 11.6 Å². The van der Waals surface area contributed by atoms with Gasteiger partial charge < -0.3 is 15.6 Å². The summed E-state index contributed by atoms with van der Waals surface area (Å²) in [6, 6.07) is 0. The molecule has 0 aliphatic rings. The summed E-state index contributed by atoms with van der Waals surface area (Å²) in [5.41, 5.74) is 6.11. The standard InChI is InChI=1S/C10H13ClFN5O2/c1-19-5(3-18)2-6(12)17-4-14-7-8(13)15-10(11)16-9(7)17/h4-6,18H,2-3H2,1H3,(H2,13,15,16)/t5-,6?/m0/s1. The average molecular weight is 290 g/mol. The third-order valence-electron chi connectivity index (χ3n) is 2.72. The normalized spacial score (nSPS) is 14.7. The van der Waals surface area contributed by atoms with E-state index in [2.05, 4.69) is 15.0 Å². The summed E-state index contributed by atoms with van der Waals surface area (Å²) in [5.74, 6) is 0.0893. The lowest BCUT2D eigenvalue weighted by atomic mass is 10.2. The molecule has 0 saturated carbocycles. The number of aliphatic hydroxyl groups excluding tert-OH is 1. The number of methoxy groups -OCH3 is 1. The van der Waals surface area contributed by atoms with Crippen LogP contribution in [-0.4, -0.2) is 44.4 Å². The molecule has 9 heteroatoms. The SMILES string of the molecule is CO[C@H](CO)CC(F)n1cnc2c(N)nc(Cl)nc21. The highest BCUT2D eigenvalue weighted by Crippen LogP contribution is 2.24. The Morgan fingerprint density at radius 3 is 2.95 bits per heavy atom. The second-order valence-electron chi connectivity index (χ2n) is 3.91. The van der Waals surface area contributed by atoms with Gasteiger partial charge >= 0.3 is 0 Å². The van der Waals surface area contributed by atoms with E-state index >= 15 is 0 Å². The largest absolute Gasteiger partial charge is 0.394 e. The van der Waals surface area contributed by atoms with Crippen molar-refractivity contribution in [2.45, 2.75) is 18.8 Å². The molecule has 2 rings (SSSR count). The van der Waals surface area contributed by atoms with Gasteiger partial charge in [-0.1, -0.05) is 0 Å². The van der Waals surface area contributed by atoms with Crippen molar-refractivity contribution in [1.29, 1.82) is 0 Å². The number of hydrogen-bond donors (Lipinski definition) is 2. The number of anilines is 1. The molecule has 1 unspecified atom stereocenters. The molecular weight excluding hydrogens is 277 g/mol. The van der Waals surface area contributed by atoms with Crippen molar-refractivity contribution in [2.24, 2.45) is 0 Å². The first-order chi connectivity index (χ1) is 9.06. The van der Waals surface area contributed by atoms with Crippen molar-refractivity contribution >= 4 is 28.6 Å². The Morgan fingerprint density at radius 1 is 1.58 bits per heavy atom. The number of nitrogens with zero attached hydrogens (tertiary/aromatic N) is 4. The minimum atomic E-state index is -1.47. The van der Waals surface area contributed by atoms with Crippen LogP contribution in [0.5, 0.6) is 0 Å². The molecule has 7 nitrogen and oxygen atoms in total. The van der Waals surface area contributed by atoms with Gasteiger partial charge in [0.2, 0.25) is 5.28 Å². The van der Waals surface area contributed by atoms with E-state index in [-0.39, 0.29) is 35.3 Å². The molecule has 0 aromatic carbocycles. The van der Waals surface area contributed by atoms with Crippen LogP contribution in [0, 0.1) is 0 Å². The fraction of sp³-hybridized carbons (Fsp3) is 0.500. The Labute approximate surface area is 113 Å². The summed E-state index contributed by atoms with van der Waals surface area (Å²) in [6.07, 6.45) is -0.851. The predicted octanol–water partition coefficient (Wildman–Crippen LogP) is 0.927. The summed E-state index contributed by atoms with van der Waals surface area (Å²) < 4.78 is 20.3. The number of hydrogen-bond acceptors (Lipinski definition) is 6. The number of alkyl halides is 1. The molecule has 0 aliphatic heterocycles. The van der Waals surface area contributed by atoms with Crippen LogP contribution in [0.2, 0.25) is 5.28 Å². The molecule has 2 heterocycles. The zero-order valence-corrected chi connectivity index (χ0v) is 10.9. The Kier molecular flexibility index (Phi) is 4.13. The lowest BCUT2D eigenvalue weighted by Crippen LogP contribution is -2.20. The summed E-state index contributed by atoms with van der Waals surface area (Å²) >= 11 is 5.69. The van der Waals surface area contributed by atoms with Crippen LogP contribution in [0.15, 0.2) is 6.33 Å². The molecule has 0 bridgehead atoms. The van der Waals surface area contributed by atoms with E-state index in [1.165, 1.54) is 18.0 Å². The van der Waals surface area contributed by atoms with Crippen molar-refractivity contribution in [3.63, 3.8) is 0 Å². The van der Waals surface area contributed by atoms with Crippen LogP contribution in [0.1, 0.15) is 12.7 Å². The number of aliphatic hydroxyl groups is 1. The van der Waals surface area contributed by atoms with Crippen LogP contribution in [0.3, 0.4) is 0 Å². The monoisotopic (exact) mass is 289 g/mol. The van der Waals surface area contributed by atoms with Gasteiger partial charge in [-0.15, -0.1) is 0 Å². The van der Waals surface area contributed by atoms with Gasteiger partial charge in [0.05, 0.1) is 19.0 Å². The summed E-state index contributed by atoms with van der Waals surface area (Å²) in [6.45, 7) is -0.276. The van der Waals surface area contributed by atoms with Crippen molar-refractivity contribution in [3.8, 4) is 0 Å².